The number of rotatable bonds is 2. The molecule has 1 heterocycles. The highest BCUT2D eigenvalue weighted by atomic mass is 16.5. The molecular formula is C19H25NO4. The summed E-state index contributed by atoms with van der Waals surface area (Å²) in [5, 5.41) is 22.7. The van der Waals surface area contributed by atoms with Gasteiger partial charge in [0.2, 0.25) is 0 Å². The van der Waals surface area contributed by atoms with Gasteiger partial charge in [-0.3, -0.25) is 0 Å². The first kappa shape index (κ1) is 15.8. The first-order chi connectivity index (χ1) is 11.5. The summed E-state index contributed by atoms with van der Waals surface area (Å²) in [6.45, 7) is 0.889. The van der Waals surface area contributed by atoms with Crippen LogP contribution in [0.25, 0.3) is 0 Å². The number of likely N-dealkylation sites (tertiary alicyclic amines) is 1. The molecule has 2 bridgehead atoms. The van der Waals surface area contributed by atoms with E-state index in [1.807, 2.05) is 18.2 Å². The largest absolute Gasteiger partial charge is 0.504 e. The molecular weight excluding hydrogens is 306 g/mol. The Bertz CT molecular complexity index is 716. The van der Waals surface area contributed by atoms with E-state index < -0.39 is 11.0 Å². The van der Waals surface area contributed by atoms with Crippen LogP contribution in [0, 0.1) is 0 Å². The maximum atomic E-state index is 11.8. The van der Waals surface area contributed by atoms with Crippen molar-refractivity contribution in [1.29, 1.82) is 0 Å². The average molecular weight is 331 g/mol. The fourth-order valence-corrected chi connectivity index (χ4v) is 5.24. The molecule has 1 saturated heterocycles. The number of aliphatic hydroxyl groups is 1. The van der Waals surface area contributed by atoms with Gasteiger partial charge in [-0.15, -0.1) is 0 Å². The van der Waals surface area contributed by atoms with Crippen molar-refractivity contribution < 1.29 is 19.7 Å². The van der Waals surface area contributed by atoms with E-state index in [0.717, 1.165) is 36.3 Å². The quantitative estimate of drug-likeness (QED) is 0.867. The second-order valence-corrected chi connectivity index (χ2v) is 7.36. The van der Waals surface area contributed by atoms with E-state index in [0.29, 0.717) is 18.6 Å². The highest BCUT2D eigenvalue weighted by Crippen LogP contribution is 2.60. The van der Waals surface area contributed by atoms with Crippen LogP contribution in [0.15, 0.2) is 24.0 Å². The number of piperidine rings is 1. The molecule has 3 atom stereocenters. The maximum Gasteiger partial charge on any atom is 0.161 e. The lowest BCUT2D eigenvalue weighted by atomic mass is 9.50. The van der Waals surface area contributed by atoms with Gasteiger partial charge in [-0.05, 0) is 44.1 Å². The Morgan fingerprint density at radius 1 is 1.25 bits per heavy atom. The van der Waals surface area contributed by atoms with E-state index in [1.54, 1.807) is 14.2 Å². The number of ether oxygens (including phenoxy) is 2. The molecule has 3 unspecified atom stereocenters. The first-order valence-corrected chi connectivity index (χ1v) is 8.52. The molecule has 0 amide bonds. The van der Waals surface area contributed by atoms with Gasteiger partial charge in [-0.1, -0.05) is 6.07 Å². The normalized spacial score (nSPS) is 34.8. The Morgan fingerprint density at radius 3 is 2.75 bits per heavy atom. The summed E-state index contributed by atoms with van der Waals surface area (Å²) in [6.07, 6.45) is 4.68. The number of nitrogens with zero attached hydrogens (tertiary/aromatic N) is 1. The summed E-state index contributed by atoms with van der Waals surface area (Å²) in [5.41, 5.74) is 0.526. The average Bonchev–Trinajstić information content (AvgIpc) is 2.57. The molecule has 1 aromatic rings. The Labute approximate surface area is 142 Å². The van der Waals surface area contributed by atoms with Crippen LogP contribution >= 0.6 is 0 Å². The molecule has 0 aromatic heterocycles. The number of allylic oxidation sites excluding steroid dienone is 1. The van der Waals surface area contributed by atoms with Gasteiger partial charge in [-0.2, -0.15) is 0 Å². The van der Waals surface area contributed by atoms with Crippen molar-refractivity contribution in [3.05, 3.63) is 35.1 Å². The highest BCUT2D eigenvalue weighted by molar-refractivity contribution is 5.58. The van der Waals surface area contributed by atoms with Crippen LogP contribution in [0.2, 0.25) is 0 Å². The van der Waals surface area contributed by atoms with E-state index in [9.17, 15) is 10.2 Å². The van der Waals surface area contributed by atoms with Crippen molar-refractivity contribution in [2.24, 2.45) is 0 Å². The fraction of sp³-hybridized carbons (Fsp3) is 0.579. The number of fused-ring (bicyclic) bond motifs is 1. The Kier molecular flexibility index (Phi) is 3.38. The molecule has 4 rings (SSSR count). The molecule has 130 valence electrons. The number of phenols is 1. The summed E-state index contributed by atoms with van der Waals surface area (Å²) in [7, 11) is 5.32. The third-order valence-corrected chi connectivity index (χ3v) is 6.52. The lowest BCUT2D eigenvalue weighted by Gasteiger charge is -2.62. The lowest BCUT2D eigenvalue weighted by molar-refractivity contribution is -0.147. The Morgan fingerprint density at radius 2 is 2.04 bits per heavy atom. The molecule has 0 spiro atoms. The van der Waals surface area contributed by atoms with Crippen molar-refractivity contribution >= 4 is 0 Å². The third kappa shape index (κ3) is 1.77. The van der Waals surface area contributed by atoms with Crippen molar-refractivity contribution in [2.45, 2.75) is 42.7 Å². The van der Waals surface area contributed by atoms with Crippen LogP contribution < -0.4 is 4.74 Å². The number of benzene rings is 1. The summed E-state index contributed by atoms with van der Waals surface area (Å²) < 4.78 is 10.9. The zero-order valence-corrected chi connectivity index (χ0v) is 14.5. The molecule has 1 fully saturated rings. The number of likely N-dealkylation sites (N-methyl/N-ethyl adjacent to an activating group) is 1. The fourth-order valence-electron chi connectivity index (χ4n) is 5.24. The molecule has 1 aliphatic heterocycles. The van der Waals surface area contributed by atoms with Crippen molar-refractivity contribution in [2.75, 3.05) is 27.8 Å². The number of hydrogen-bond donors (Lipinski definition) is 2. The van der Waals surface area contributed by atoms with Gasteiger partial charge in [0.25, 0.3) is 0 Å². The van der Waals surface area contributed by atoms with E-state index in [-0.39, 0.29) is 11.8 Å². The standard InChI is InChI=1S/C19H25NO4/c1-20-9-8-18-11-13(23-2)6-7-19(18,22)15(20)10-12-4-5-14(24-3)17(21)16(12)18/h4-6,15,21-22H,7-11H2,1-3H3. The molecule has 2 aliphatic carbocycles. The van der Waals surface area contributed by atoms with Crippen molar-refractivity contribution in [3.8, 4) is 11.5 Å². The van der Waals surface area contributed by atoms with Crippen LogP contribution in [-0.4, -0.2) is 54.6 Å². The predicted octanol–water partition coefficient (Wildman–Crippen LogP) is 1.95. The molecule has 0 radical (unpaired) electrons. The predicted molar refractivity (Wildman–Crippen MR) is 90.4 cm³/mol. The van der Waals surface area contributed by atoms with Gasteiger partial charge in [0.1, 0.15) is 0 Å². The van der Waals surface area contributed by atoms with E-state index >= 15 is 0 Å². The number of aromatic hydroxyl groups is 1. The van der Waals surface area contributed by atoms with Gasteiger partial charge in [0.15, 0.2) is 11.5 Å². The smallest absolute Gasteiger partial charge is 0.161 e. The molecule has 5 heteroatoms. The number of methoxy groups -OCH3 is 2. The van der Waals surface area contributed by atoms with Gasteiger partial charge in [0, 0.05) is 29.9 Å². The summed E-state index contributed by atoms with van der Waals surface area (Å²) in [4.78, 5) is 2.26. The SMILES string of the molecule is COC1=CCC2(O)C3Cc4ccc(OC)c(O)c4C2(CCN3C)C1. The second kappa shape index (κ2) is 5.14. The highest BCUT2D eigenvalue weighted by Gasteiger charge is 2.64. The summed E-state index contributed by atoms with van der Waals surface area (Å²) >= 11 is 0. The lowest BCUT2D eigenvalue weighted by Crippen LogP contribution is -2.71. The minimum absolute atomic E-state index is 0.0428. The van der Waals surface area contributed by atoms with Crippen molar-refractivity contribution in [3.63, 3.8) is 0 Å². The van der Waals surface area contributed by atoms with Crippen molar-refractivity contribution in [1.82, 2.24) is 4.90 Å². The van der Waals surface area contributed by atoms with E-state index in [2.05, 4.69) is 11.9 Å². The second-order valence-electron chi connectivity index (χ2n) is 7.36. The number of hydrogen-bond acceptors (Lipinski definition) is 5. The monoisotopic (exact) mass is 331 g/mol. The Balaban J connectivity index is 2.00. The summed E-state index contributed by atoms with van der Waals surface area (Å²) in [5.74, 6) is 1.53. The zero-order chi connectivity index (χ0) is 17.1. The first-order valence-electron chi connectivity index (χ1n) is 8.52. The van der Waals surface area contributed by atoms with Gasteiger partial charge in [-0.25, -0.2) is 0 Å². The minimum Gasteiger partial charge on any atom is -0.504 e. The molecule has 24 heavy (non-hydrogen) atoms. The van der Waals surface area contributed by atoms with Crippen LogP contribution in [0.1, 0.15) is 30.4 Å². The molecule has 0 saturated carbocycles. The minimum atomic E-state index is -0.904. The maximum absolute atomic E-state index is 11.8. The van der Waals surface area contributed by atoms with Crippen LogP contribution in [0.4, 0.5) is 0 Å². The molecule has 3 aliphatic rings. The van der Waals surface area contributed by atoms with E-state index in [4.69, 9.17) is 9.47 Å². The zero-order valence-electron chi connectivity index (χ0n) is 14.5. The Hall–Kier alpha value is -1.72. The molecule has 1 aromatic carbocycles. The van der Waals surface area contributed by atoms with Gasteiger partial charge in [0.05, 0.1) is 25.6 Å². The summed E-state index contributed by atoms with van der Waals surface area (Å²) in [6, 6.07) is 3.90. The van der Waals surface area contributed by atoms with E-state index in [1.165, 1.54) is 0 Å². The molecule has 2 N–H and O–H groups in total. The topological polar surface area (TPSA) is 62.2 Å². The number of phenolic OH excluding ortho intramolecular Hbond substituents is 1. The van der Waals surface area contributed by atoms with Gasteiger partial charge >= 0.3 is 0 Å². The van der Waals surface area contributed by atoms with Crippen LogP contribution in [-0.2, 0) is 16.6 Å². The third-order valence-electron chi connectivity index (χ3n) is 6.52. The van der Waals surface area contributed by atoms with Crippen LogP contribution in [0.5, 0.6) is 11.5 Å². The molecule has 5 nitrogen and oxygen atoms in total. The van der Waals surface area contributed by atoms with Gasteiger partial charge < -0.3 is 24.6 Å². The van der Waals surface area contributed by atoms with Crippen LogP contribution in [0.3, 0.4) is 0 Å².